The molecular weight excluding hydrogens is 633 g/mol. The van der Waals surface area contributed by atoms with E-state index in [1.807, 2.05) is 84.9 Å². The molecular formula is C37H36N2O6S2. The van der Waals surface area contributed by atoms with Gasteiger partial charge in [-0.05, 0) is 59.0 Å². The van der Waals surface area contributed by atoms with E-state index >= 15 is 0 Å². The van der Waals surface area contributed by atoms with E-state index in [4.69, 9.17) is 19.2 Å². The van der Waals surface area contributed by atoms with Crippen LogP contribution in [0.3, 0.4) is 0 Å². The number of fused-ring (bicyclic) bond motifs is 1. The lowest BCUT2D eigenvalue weighted by atomic mass is 9.99. The molecule has 4 aromatic carbocycles. The van der Waals surface area contributed by atoms with Gasteiger partial charge in [-0.25, -0.2) is 4.98 Å². The number of hydrogen-bond acceptors (Lipinski definition) is 9. The summed E-state index contributed by atoms with van der Waals surface area (Å²) in [5.74, 6) is -0.116. The Kier molecular flexibility index (Phi) is 10.6. The van der Waals surface area contributed by atoms with Gasteiger partial charge in [0.15, 0.2) is 16.7 Å². The van der Waals surface area contributed by atoms with Crippen LogP contribution < -0.4 is 5.32 Å². The first-order valence-corrected chi connectivity index (χ1v) is 17.3. The van der Waals surface area contributed by atoms with E-state index in [1.165, 1.54) is 11.6 Å². The summed E-state index contributed by atoms with van der Waals surface area (Å²) >= 11 is 3.40. The monoisotopic (exact) mass is 668 g/mol. The number of carbonyl (C=O) groups excluding carboxylic acids is 2. The normalized spacial score (nSPS) is 18.5. The Labute approximate surface area is 282 Å². The van der Waals surface area contributed by atoms with Crippen LogP contribution in [-0.2, 0) is 37.0 Å². The topological polar surface area (TPSA) is 107 Å². The molecule has 0 unspecified atom stereocenters. The lowest BCUT2D eigenvalue weighted by Crippen LogP contribution is -2.35. The lowest BCUT2D eigenvalue weighted by Gasteiger charge is -2.36. The third-order valence-electron chi connectivity index (χ3n) is 7.88. The summed E-state index contributed by atoms with van der Waals surface area (Å²) in [6.45, 7) is 3.13. The van der Waals surface area contributed by atoms with Crippen LogP contribution >= 0.6 is 23.1 Å². The molecule has 0 spiro atoms. The second-order valence-corrected chi connectivity index (χ2v) is 13.7. The van der Waals surface area contributed by atoms with E-state index in [1.54, 1.807) is 30.0 Å². The van der Waals surface area contributed by atoms with Crippen molar-refractivity contribution in [2.75, 3.05) is 5.75 Å². The molecule has 6 rings (SSSR count). The number of hydrogen-bond donors (Lipinski definition) is 2. The second kappa shape index (κ2) is 15.2. The van der Waals surface area contributed by atoms with Gasteiger partial charge in [0, 0.05) is 31.2 Å². The maximum absolute atomic E-state index is 12.4. The minimum absolute atomic E-state index is 0.00720. The van der Waals surface area contributed by atoms with Crippen LogP contribution in [0.1, 0.15) is 54.9 Å². The number of aliphatic hydroxyl groups excluding tert-OH is 1. The number of benzene rings is 4. The van der Waals surface area contributed by atoms with Gasteiger partial charge in [0.05, 0.1) is 29.0 Å². The molecule has 242 valence electrons. The highest BCUT2D eigenvalue weighted by Crippen LogP contribution is 2.41. The third kappa shape index (κ3) is 8.46. The molecule has 0 saturated carbocycles. The SMILES string of the molecule is CC(=O)O[C@@H](C)C(=O)NCc1cccc(-c2cccc([C@H]3O[C@@H](CSc4nc5ccccc5s4)C[C@@H](c4ccc(CO)cc4)O3)c2)c1. The smallest absolute Gasteiger partial charge is 0.303 e. The zero-order valence-electron chi connectivity index (χ0n) is 26.1. The molecule has 5 aromatic rings. The fourth-order valence-electron chi connectivity index (χ4n) is 5.46. The van der Waals surface area contributed by atoms with Crippen molar-refractivity contribution in [2.24, 2.45) is 0 Å². The number of rotatable bonds is 11. The maximum Gasteiger partial charge on any atom is 0.303 e. The number of amides is 1. The number of carbonyl (C=O) groups is 2. The van der Waals surface area contributed by atoms with E-state index in [9.17, 15) is 14.7 Å². The Morgan fingerprint density at radius 3 is 2.49 bits per heavy atom. The molecule has 0 bridgehead atoms. The van der Waals surface area contributed by atoms with Crippen LogP contribution in [0.4, 0.5) is 0 Å². The zero-order valence-corrected chi connectivity index (χ0v) is 27.8. The van der Waals surface area contributed by atoms with E-state index in [-0.39, 0.29) is 24.7 Å². The van der Waals surface area contributed by atoms with Crippen LogP contribution in [0, 0.1) is 0 Å². The molecule has 1 fully saturated rings. The Morgan fingerprint density at radius 2 is 1.72 bits per heavy atom. The van der Waals surface area contributed by atoms with Crippen LogP contribution in [-0.4, -0.2) is 39.9 Å². The largest absolute Gasteiger partial charge is 0.453 e. The van der Waals surface area contributed by atoms with Crippen molar-refractivity contribution in [3.8, 4) is 11.1 Å². The summed E-state index contributed by atoms with van der Waals surface area (Å²) in [5.41, 5.74) is 6.70. The number of aliphatic hydroxyl groups is 1. The summed E-state index contributed by atoms with van der Waals surface area (Å²) in [6, 6.07) is 32.2. The molecule has 2 N–H and O–H groups in total. The molecule has 0 aliphatic carbocycles. The molecule has 8 nitrogen and oxygen atoms in total. The summed E-state index contributed by atoms with van der Waals surface area (Å²) in [6.07, 6.45) is -1.03. The van der Waals surface area contributed by atoms with E-state index in [0.717, 1.165) is 49.0 Å². The van der Waals surface area contributed by atoms with Gasteiger partial charge in [0.25, 0.3) is 5.91 Å². The Bertz CT molecular complexity index is 1810. The van der Waals surface area contributed by atoms with Crippen molar-refractivity contribution < 1.29 is 28.9 Å². The van der Waals surface area contributed by atoms with Crippen molar-refractivity contribution in [2.45, 2.75) is 62.4 Å². The summed E-state index contributed by atoms with van der Waals surface area (Å²) < 4.78 is 20.4. The predicted molar refractivity (Wildman–Crippen MR) is 184 cm³/mol. The van der Waals surface area contributed by atoms with Crippen LogP contribution in [0.2, 0.25) is 0 Å². The maximum atomic E-state index is 12.4. The zero-order chi connectivity index (χ0) is 32.8. The Balaban J connectivity index is 1.19. The fourth-order valence-corrected chi connectivity index (χ4v) is 7.57. The minimum Gasteiger partial charge on any atom is -0.453 e. The first-order chi connectivity index (χ1) is 22.8. The minimum atomic E-state index is -0.859. The van der Waals surface area contributed by atoms with Crippen LogP contribution in [0.5, 0.6) is 0 Å². The average Bonchev–Trinajstić information content (AvgIpc) is 3.53. The third-order valence-corrected chi connectivity index (χ3v) is 10.2. The lowest BCUT2D eigenvalue weighted by molar-refractivity contribution is -0.245. The molecule has 10 heteroatoms. The molecule has 0 radical (unpaired) electrons. The van der Waals surface area contributed by atoms with E-state index < -0.39 is 18.4 Å². The van der Waals surface area contributed by atoms with Gasteiger partial charge < -0.3 is 24.6 Å². The number of nitrogens with one attached hydrogen (secondary N) is 1. The second-order valence-electron chi connectivity index (χ2n) is 11.4. The van der Waals surface area contributed by atoms with Gasteiger partial charge in [-0.3, -0.25) is 9.59 Å². The van der Waals surface area contributed by atoms with E-state index in [2.05, 4.69) is 17.4 Å². The molecule has 1 amide bonds. The highest BCUT2D eigenvalue weighted by atomic mass is 32.2. The summed E-state index contributed by atoms with van der Waals surface area (Å²) in [4.78, 5) is 28.3. The van der Waals surface area contributed by atoms with Gasteiger partial charge in [0.2, 0.25) is 0 Å². The highest BCUT2D eigenvalue weighted by molar-refractivity contribution is 8.01. The van der Waals surface area contributed by atoms with Crippen molar-refractivity contribution in [3.05, 3.63) is 119 Å². The highest BCUT2D eigenvalue weighted by Gasteiger charge is 2.32. The standard InChI is InChI=1S/C37H36N2O6S2/c1-23(43-24(2)41)35(42)38-20-26-7-5-8-28(17-26)29-9-6-10-30(18-29)36-44-31(19-33(45-36)27-15-13-25(21-40)14-16-27)22-46-37-39-32-11-3-4-12-34(32)47-37/h3-18,23,31,33,36,40H,19-22H2,1-2H3,(H,38,42)/t23-,31+,33-,36-/m0/s1. The van der Waals surface area contributed by atoms with Gasteiger partial charge in [-0.1, -0.05) is 84.6 Å². The summed E-state index contributed by atoms with van der Waals surface area (Å²) in [7, 11) is 0. The van der Waals surface area contributed by atoms with Crippen molar-refractivity contribution in [1.82, 2.24) is 10.3 Å². The van der Waals surface area contributed by atoms with Gasteiger partial charge >= 0.3 is 5.97 Å². The van der Waals surface area contributed by atoms with Gasteiger partial charge in [-0.2, -0.15) is 0 Å². The number of thiazole rings is 1. The predicted octanol–water partition coefficient (Wildman–Crippen LogP) is 7.36. The first kappa shape index (κ1) is 32.9. The molecule has 1 aliphatic heterocycles. The summed E-state index contributed by atoms with van der Waals surface area (Å²) in [5, 5.41) is 12.4. The van der Waals surface area contributed by atoms with Crippen molar-refractivity contribution in [3.63, 3.8) is 0 Å². The molecule has 1 aromatic heterocycles. The number of para-hydroxylation sites is 1. The molecule has 4 atom stereocenters. The number of thioether (sulfide) groups is 1. The Hall–Kier alpha value is -4.06. The molecule has 1 saturated heterocycles. The molecule has 1 aliphatic rings. The first-order valence-electron chi connectivity index (χ1n) is 15.5. The number of ether oxygens (including phenoxy) is 3. The van der Waals surface area contributed by atoms with E-state index in [0.29, 0.717) is 13.0 Å². The van der Waals surface area contributed by atoms with Crippen LogP contribution in [0.15, 0.2) is 101 Å². The molecule has 2 heterocycles. The molecule has 47 heavy (non-hydrogen) atoms. The van der Waals surface area contributed by atoms with Crippen molar-refractivity contribution in [1.29, 1.82) is 0 Å². The van der Waals surface area contributed by atoms with Gasteiger partial charge in [0.1, 0.15) is 0 Å². The number of nitrogens with zero attached hydrogens (tertiary/aromatic N) is 1. The van der Waals surface area contributed by atoms with Gasteiger partial charge in [-0.15, -0.1) is 11.3 Å². The van der Waals surface area contributed by atoms with Crippen LogP contribution in [0.25, 0.3) is 21.3 Å². The number of aromatic nitrogens is 1. The fraction of sp³-hybridized carbons (Fsp3) is 0.270. The Morgan fingerprint density at radius 1 is 0.957 bits per heavy atom. The number of esters is 1. The van der Waals surface area contributed by atoms with Crippen molar-refractivity contribution >= 4 is 45.2 Å². The quantitative estimate of drug-likeness (QED) is 0.111. The average molecular weight is 669 g/mol.